The van der Waals surface area contributed by atoms with E-state index in [4.69, 9.17) is 11.6 Å². The lowest BCUT2D eigenvalue weighted by atomic mass is 10.1. The first kappa shape index (κ1) is 22.6. The zero-order valence-corrected chi connectivity index (χ0v) is 19.0. The average Bonchev–Trinajstić information content (AvgIpc) is 3.25. The van der Waals surface area contributed by atoms with Crippen molar-refractivity contribution < 1.29 is 13.2 Å². The lowest BCUT2D eigenvalue weighted by molar-refractivity contribution is 0.0952. The molecule has 30 heavy (non-hydrogen) atoms. The van der Waals surface area contributed by atoms with Crippen LogP contribution in [0.5, 0.6) is 0 Å². The minimum Gasteiger partial charge on any atom is -0.352 e. The summed E-state index contributed by atoms with van der Waals surface area (Å²) in [4.78, 5) is 15.1. The van der Waals surface area contributed by atoms with Gasteiger partial charge in [0.05, 0.1) is 10.6 Å². The molecule has 1 N–H and O–H groups in total. The summed E-state index contributed by atoms with van der Waals surface area (Å²) in [5.41, 5.74) is 1.67. The van der Waals surface area contributed by atoms with Gasteiger partial charge in [0.1, 0.15) is 0 Å². The summed E-state index contributed by atoms with van der Waals surface area (Å²) < 4.78 is 27.2. The first-order valence-electron chi connectivity index (χ1n) is 10.1. The van der Waals surface area contributed by atoms with Gasteiger partial charge in [-0.3, -0.25) is 9.10 Å². The molecular weight excluding hydrogens is 422 g/mol. The van der Waals surface area contributed by atoms with Gasteiger partial charge in [0.2, 0.25) is 0 Å². The molecule has 1 fully saturated rings. The van der Waals surface area contributed by atoms with Crippen LogP contribution >= 0.6 is 11.6 Å². The van der Waals surface area contributed by atoms with Crippen LogP contribution in [0.25, 0.3) is 0 Å². The number of nitrogens with one attached hydrogen (secondary N) is 1. The number of sulfonamides is 1. The highest BCUT2D eigenvalue weighted by molar-refractivity contribution is 7.92. The molecule has 0 atom stereocenters. The van der Waals surface area contributed by atoms with Crippen LogP contribution in [0.15, 0.2) is 47.4 Å². The number of hydrogen-bond donors (Lipinski definition) is 1. The number of rotatable bonds is 8. The molecule has 1 aliphatic rings. The molecule has 2 aromatic carbocycles. The first-order chi connectivity index (χ1) is 14.3. The van der Waals surface area contributed by atoms with Crippen molar-refractivity contribution in [2.45, 2.75) is 31.1 Å². The van der Waals surface area contributed by atoms with Crippen molar-refractivity contribution in [3.8, 4) is 0 Å². The number of likely N-dealkylation sites (tertiary alicyclic amines) is 1. The van der Waals surface area contributed by atoms with Crippen molar-refractivity contribution in [1.29, 1.82) is 0 Å². The van der Waals surface area contributed by atoms with E-state index >= 15 is 0 Å². The van der Waals surface area contributed by atoms with Crippen molar-refractivity contribution in [1.82, 2.24) is 10.2 Å². The fraction of sp³-hybridized carbons (Fsp3) is 0.409. The van der Waals surface area contributed by atoms with E-state index in [0.717, 1.165) is 31.6 Å². The van der Waals surface area contributed by atoms with Gasteiger partial charge in [0.25, 0.3) is 15.9 Å². The van der Waals surface area contributed by atoms with E-state index in [0.29, 0.717) is 22.8 Å². The Morgan fingerprint density at radius 2 is 1.80 bits per heavy atom. The Morgan fingerprint density at radius 1 is 1.13 bits per heavy atom. The molecule has 1 heterocycles. The van der Waals surface area contributed by atoms with Crippen LogP contribution in [0.2, 0.25) is 5.02 Å². The third-order valence-electron chi connectivity index (χ3n) is 5.42. The molecule has 1 aliphatic heterocycles. The number of amides is 1. The molecule has 0 aliphatic carbocycles. The van der Waals surface area contributed by atoms with E-state index in [9.17, 15) is 13.2 Å². The van der Waals surface area contributed by atoms with E-state index in [1.165, 1.54) is 36.3 Å². The minimum atomic E-state index is -3.77. The molecule has 0 radical (unpaired) electrons. The smallest absolute Gasteiger partial charge is 0.264 e. The molecule has 1 amide bonds. The highest BCUT2D eigenvalue weighted by Gasteiger charge is 2.23. The second-order valence-corrected chi connectivity index (χ2v) is 9.99. The molecule has 3 rings (SSSR count). The van der Waals surface area contributed by atoms with Crippen molar-refractivity contribution in [2.24, 2.45) is 0 Å². The Morgan fingerprint density at radius 3 is 2.47 bits per heavy atom. The maximum absolute atomic E-state index is 13.0. The molecule has 8 heteroatoms. The Bertz CT molecular complexity index is 987. The lowest BCUT2D eigenvalue weighted by Gasteiger charge is -2.22. The number of hydrogen-bond acceptors (Lipinski definition) is 4. The number of benzene rings is 2. The van der Waals surface area contributed by atoms with E-state index in [-0.39, 0.29) is 10.8 Å². The zero-order valence-electron chi connectivity index (χ0n) is 17.4. The van der Waals surface area contributed by atoms with Crippen LogP contribution in [0, 0.1) is 6.92 Å². The van der Waals surface area contributed by atoms with Crippen LogP contribution < -0.4 is 9.62 Å². The molecule has 0 saturated carbocycles. The van der Waals surface area contributed by atoms with Crippen LogP contribution in [0.3, 0.4) is 0 Å². The Kier molecular flexibility index (Phi) is 7.39. The van der Waals surface area contributed by atoms with Crippen molar-refractivity contribution in [3.05, 3.63) is 58.6 Å². The van der Waals surface area contributed by atoms with E-state index in [1.54, 1.807) is 30.3 Å². The Balaban J connectivity index is 1.69. The number of aryl methyl sites for hydroxylation is 1. The van der Waals surface area contributed by atoms with E-state index in [1.807, 2.05) is 6.92 Å². The Labute approximate surface area is 183 Å². The maximum atomic E-state index is 13.0. The molecule has 162 valence electrons. The normalized spacial score (nSPS) is 14.6. The fourth-order valence-corrected chi connectivity index (χ4v) is 4.97. The van der Waals surface area contributed by atoms with Gasteiger partial charge in [-0.25, -0.2) is 8.42 Å². The third-order valence-corrected chi connectivity index (χ3v) is 7.46. The topological polar surface area (TPSA) is 69.7 Å². The minimum absolute atomic E-state index is 0.144. The summed E-state index contributed by atoms with van der Waals surface area (Å²) in [6.07, 6.45) is 3.41. The molecule has 0 bridgehead atoms. The standard InChI is InChI=1S/C22H28ClN3O3S/c1-17-6-7-18(22(27)24-12-5-15-26-13-3-4-14-26)16-21(17)25(2)30(28,29)20-10-8-19(23)9-11-20/h6-11,16H,3-5,12-15H2,1-2H3,(H,24,27). The van der Waals surface area contributed by atoms with Crippen molar-refractivity contribution in [3.63, 3.8) is 0 Å². The summed E-state index contributed by atoms with van der Waals surface area (Å²) in [6.45, 7) is 5.69. The van der Waals surface area contributed by atoms with Gasteiger partial charge in [-0.2, -0.15) is 0 Å². The monoisotopic (exact) mass is 449 g/mol. The van der Waals surface area contributed by atoms with Gasteiger partial charge in [0.15, 0.2) is 0 Å². The molecule has 2 aromatic rings. The molecular formula is C22H28ClN3O3S. The van der Waals surface area contributed by atoms with Gasteiger partial charge < -0.3 is 10.2 Å². The molecule has 0 unspecified atom stereocenters. The van der Waals surface area contributed by atoms with Crippen LogP contribution in [-0.2, 0) is 10.0 Å². The number of anilines is 1. The summed E-state index contributed by atoms with van der Waals surface area (Å²) in [5, 5.41) is 3.41. The van der Waals surface area contributed by atoms with Gasteiger partial charge in [-0.1, -0.05) is 17.7 Å². The van der Waals surface area contributed by atoms with Gasteiger partial charge in [0, 0.05) is 24.2 Å². The van der Waals surface area contributed by atoms with Gasteiger partial charge >= 0.3 is 0 Å². The molecule has 0 spiro atoms. The van der Waals surface area contributed by atoms with Crippen LogP contribution in [0.1, 0.15) is 35.2 Å². The summed E-state index contributed by atoms with van der Waals surface area (Å²) >= 11 is 5.87. The maximum Gasteiger partial charge on any atom is 0.264 e. The van der Waals surface area contributed by atoms with E-state index in [2.05, 4.69) is 10.2 Å². The SMILES string of the molecule is Cc1ccc(C(=O)NCCCN2CCCC2)cc1N(C)S(=O)(=O)c1ccc(Cl)cc1. The van der Waals surface area contributed by atoms with Gasteiger partial charge in [-0.15, -0.1) is 0 Å². The number of carbonyl (C=O) groups excluding carboxylic acids is 1. The highest BCUT2D eigenvalue weighted by atomic mass is 35.5. The second kappa shape index (κ2) is 9.81. The molecule has 1 saturated heterocycles. The second-order valence-electron chi connectivity index (χ2n) is 7.59. The lowest BCUT2D eigenvalue weighted by Crippen LogP contribution is -2.30. The van der Waals surface area contributed by atoms with Crippen LogP contribution in [-0.4, -0.2) is 52.5 Å². The summed E-state index contributed by atoms with van der Waals surface area (Å²) in [5.74, 6) is -0.199. The number of carbonyl (C=O) groups is 1. The molecule has 0 aromatic heterocycles. The predicted molar refractivity (Wildman–Crippen MR) is 121 cm³/mol. The van der Waals surface area contributed by atoms with Crippen molar-refractivity contribution >= 4 is 33.2 Å². The predicted octanol–water partition coefficient (Wildman–Crippen LogP) is 3.69. The Hall–Kier alpha value is -2.09. The summed E-state index contributed by atoms with van der Waals surface area (Å²) in [6, 6.07) is 11.1. The third kappa shape index (κ3) is 5.33. The number of nitrogens with zero attached hydrogens (tertiary/aromatic N) is 2. The fourth-order valence-electron chi connectivity index (χ4n) is 3.60. The highest BCUT2D eigenvalue weighted by Crippen LogP contribution is 2.27. The van der Waals surface area contributed by atoms with E-state index < -0.39 is 10.0 Å². The largest absolute Gasteiger partial charge is 0.352 e. The molecule has 6 nitrogen and oxygen atoms in total. The quantitative estimate of drug-likeness (QED) is 0.624. The summed E-state index contributed by atoms with van der Waals surface area (Å²) in [7, 11) is -2.28. The van der Waals surface area contributed by atoms with Crippen LogP contribution in [0.4, 0.5) is 5.69 Å². The van der Waals surface area contributed by atoms with Gasteiger partial charge in [-0.05, 0) is 87.8 Å². The number of halogens is 1. The average molecular weight is 450 g/mol. The van der Waals surface area contributed by atoms with Crippen molar-refractivity contribution in [2.75, 3.05) is 37.5 Å². The first-order valence-corrected chi connectivity index (χ1v) is 12.0. The zero-order chi connectivity index (χ0) is 21.7.